The van der Waals surface area contributed by atoms with Crippen LogP contribution in [0.3, 0.4) is 0 Å². The molecule has 0 fully saturated rings. The average molecular weight is 246 g/mol. The van der Waals surface area contributed by atoms with E-state index in [1.807, 2.05) is 36.4 Å². The molecule has 1 N–H and O–H groups in total. The van der Waals surface area contributed by atoms with E-state index in [4.69, 9.17) is 9.47 Å². The van der Waals surface area contributed by atoms with Crippen LogP contribution in [0.4, 0.5) is 0 Å². The molecule has 18 heavy (non-hydrogen) atoms. The predicted octanol–water partition coefficient (Wildman–Crippen LogP) is 2.75. The molecule has 2 aromatic carbocycles. The molecule has 96 valence electrons. The summed E-state index contributed by atoms with van der Waals surface area (Å²) >= 11 is 0. The molecule has 0 spiro atoms. The van der Waals surface area contributed by atoms with Gasteiger partial charge in [0, 0.05) is 20.1 Å². The van der Waals surface area contributed by atoms with E-state index in [1.165, 1.54) is 0 Å². The molecule has 3 heteroatoms. The predicted molar refractivity (Wildman–Crippen MR) is 71.9 cm³/mol. The Labute approximate surface area is 107 Å². The summed E-state index contributed by atoms with van der Waals surface area (Å²) in [6.45, 7) is 1.34. The van der Waals surface area contributed by atoms with Crippen molar-refractivity contribution in [1.29, 1.82) is 0 Å². The fourth-order valence-corrected chi connectivity index (χ4v) is 1.97. The zero-order valence-electron chi connectivity index (χ0n) is 10.6. The minimum atomic E-state index is 0.0236. The average Bonchev–Trinajstić information content (AvgIpc) is 2.42. The minimum Gasteiger partial charge on any atom is -0.493 e. The molecule has 2 aromatic rings. The Kier molecular flexibility index (Phi) is 4.56. The van der Waals surface area contributed by atoms with Crippen molar-refractivity contribution in [1.82, 2.24) is 0 Å². The molecular weight excluding hydrogens is 228 g/mol. The molecule has 0 amide bonds. The number of hydrogen-bond donors (Lipinski definition) is 1. The lowest BCUT2D eigenvalue weighted by Gasteiger charge is -2.10. The van der Waals surface area contributed by atoms with Crippen molar-refractivity contribution < 1.29 is 14.6 Å². The molecule has 3 nitrogen and oxygen atoms in total. The van der Waals surface area contributed by atoms with Gasteiger partial charge in [0.25, 0.3) is 0 Å². The molecule has 0 aliphatic rings. The summed E-state index contributed by atoms with van der Waals surface area (Å²) in [5.41, 5.74) is 0.898. The highest BCUT2D eigenvalue weighted by Crippen LogP contribution is 2.25. The van der Waals surface area contributed by atoms with Crippen molar-refractivity contribution in [2.24, 2.45) is 0 Å². The quantitative estimate of drug-likeness (QED) is 0.796. The fourth-order valence-electron chi connectivity index (χ4n) is 1.97. The first-order chi connectivity index (χ1) is 8.85. The Balaban J connectivity index is 2.18. The lowest BCUT2D eigenvalue weighted by Crippen LogP contribution is -2.01. The van der Waals surface area contributed by atoms with Gasteiger partial charge in [0.15, 0.2) is 0 Å². The highest BCUT2D eigenvalue weighted by Gasteiger charge is 2.03. The third-order valence-electron chi connectivity index (χ3n) is 2.85. The largest absolute Gasteiger partial charge is 0.493 e. The number of fused-ring (bicyclic) bond motifs is 1. The number of methoxy groups -OCH3 is 1. The van der Waals surface area contributed by atoms with Gasteiger partial charge in [-0.25, -0.2) is 0 Å². The van der Waals surface area contributed by atoms with Crippen LogP contribution in [-0.2, 0) is 11.3 Å². The Morgan fingerprint density at radius 1 is 1.11 bits per heavy atom. The Morgan fingerprint density at radius 2 is 1.94 bits per heavy atom. The standard InChI is InChI=1S/C15H18O3/c1-17-7-4-8-18-14-9-12-5-2-3-6-15(12)13(10-14)11-16/h2-3,5-6,9-10,16H,4,7-8,11H2,1H3. The van der Waals surface area contributed by atoms with Crippen LogP contribution in [0.2, 0.25) is 0 Å². The third kappa shape index (κ3) is 3.00. The monoisotopic (exact) mass is 246 g/mol. The molecule has 2 rings (SSSR count). The van der Waals surface area contributed by atoms with Gasteiger partial charge < -0.3 is 14.6 Å². The Hall–Kier alpha value is -1.58. The molecule has 0 aromatic heterocycles. The van der Waals surface area contributed by atoms with Crippen LogP contribution in [0.25, 0.3) is 10.8 Å². The van der Waals surface area contributed by atoms with Crippen LogP contribution >= 0.6 is 0 Å². The maximum atomic E-state index is 9.39. The highest BCUT2D eigenvalue weighted by atomic mass is 16.5. The number of hydrogen-bond acceptors (Lipinski definition) is 3. The molecule has 0 aliphatic carbocycles. The summed E-state index contributed by atoms with van der Waals surface area (Å²) in [6, 6.07) is 11.9. The number of benzene rings is 2. The second-order valence-electron chi connectivity index (χ2n) is 4.16. The summed E-state index contributed by atoms with van der Waals surface area (Å²) in [6.07, 6.45) is 0.859. The van der Waals surface area contributed by atoms with Crippen molar-refractivity contribution in [2.75, 3.05) is 20.3 Å². The summed E-state index contributed by atoms with van der Waals surface area (Å²) in [5, 5.41) is 11.6. The van der Waals surface area contributed by atoms with Gasteiger partial charge in [-0.05, 0) is 28.5 Å². The number of aliphatic hydroxyl groups excluding tert-OH is 1. The summed E-state index contributed by atoms with van der Waals surface area (Å²) in [4.78, 5) is 0. The maximum Gasteiger partial charge on any atom is 0.120 e. The summed E-state index contributed by atoms with van der Waals surface area (Å²) in [5.74, 6) is 0.800. The van der Waals surface area contributed by atoms with E-state index in [-0.39, 0.29) is 6.61 Å². The molecule has 0 saturated carbocycles. The van der Waals surface area contributed by atoms with Crippen LogP contribution < -0.4 is 4.74 Å². The van der Waals surface area contributed by atoms with Crippen molar-refractivity contribution in [3.63, 3.8) is 0 Å². The molecule has 0 saturated heterocycles. The van der Waals surface area contributed by atoms with Crippen molar-refractivity contribution >= 4 is 10.8 Å². The number of ether oxygens (including phenoxy) is 2. The van der Waals surface area contributed by atoms with Crippen molar-refractivity contribution in [2.45, 2.75) is 13.0 Å². The minimum absolute atomic E-state index is 0.0236. The smallest absolute Gasteiger partial charge is 0.120 e. The van der Waals surface area contributed by atoms with E-state index < -0.39 is 0 Å². The van der Waals surface area contributed by atoms with Gasteiger partial charge in [0.1, 0.15) is 5.75 Å². The van der Waals surface area contributed by atoms with Crippen molar-refractivity contribution in [3.05, 3.63) is 42.0 Å². The fraction of sp³-hybridized carbons (Fsp3) is 0.333. The molecular formula is C15H18O3. The van der Waals surface area contributed by atoms with Crippen molar-refractivity contribution in [3.8, 4) is 5.75 Å². The molecule has 0 atom stereocenters. The Bertz CT molecular complexity index is 508. The van der Waals surface area contributed by atoms with Crippen LogP contribution in [0.5, 0.6) is 5.75 Å². The first-order valence-corrected chi connectivity index (χ1v) is 6.09. The molecule has 0 aliphatic heterocycles. The first kappa shape index (κ1) is 12.9. The van der Waals surface area contributed by atoms with Crippen LogP contribution in [-0.4, -0.2) is 25.4 Å². The lowest BCUT2D eigenvalue weighted by molar-refractivity contribution is 0.172. The van der Waals surface area contributed by atoms with Crippen LogP contribution in [0.15, 0.2) is 36.4 Å². The van der Waals surface area contributed by atoms with Gasteiger partial charge in [-0.3, -0.25) is 0 Å². The lowest BCUT2D eigenvalue weighted by atomic mass is 10.0. The zero-order valence-corrected chi connectivity index (χ0v) is 10.6. The van der Waals surface area contributed by atoms with Crippen LogP contribution in [0.1, 0.15) is 12.0 Å². The first-order valence-electron chi connectivity index (χ1n) is 6.09. The van der Waals surface area contributed by atoms with Gasteiger partial charge >= 0.3 is 0 Å². The summed E-state index contributed by atoms with van der Waals surface area (Å²) < 4.78 is 10.6. The van der Waals surface area contributed by atoms with E-state index in [1.54, 1.807) is 7.11 Å². The van der Waals surface area contributed by atoms with E-state index in [2.05, 4.69) is 0 Å². The van der Waals surface area contributed by atoms with E-state index in [0.29, 0.717) is 13.2 Å². The van der Waals surface area contributed by atoms with Gasteiger partial charge in [-0.15, -0.1) is 0 Å². The number of aliphatic hydroxyl groups is 1. The maximum absolute atomic E-state index is 9.39. The van der Waals surface area contributed by atoms with Gasteiger partial charge in [-0.1, -0.05) is 24.3 Å². The van der Waals surface area contributed by atoms with Gasteiger partial charge in [0.05, 0.1) is 13.2 Å². The zero-order chi connectivity index (χ0) is 12.8. The van der Waals surface area contributed by atoms with E-state index >= 15 is 0 Å². The van der Waals surface area contributed by atoms with E-state index in [0.717, 1.165) is 28.5 Å². The third-order valence-corrected chi connectivity index (χ3v) is 2.85. The second-order valence-corrected chi connectivity index (χ2v) is 4.16. The number of rotatable bonds is 6. The van der Waals surface area contributed by atoms with Gasteiger partial charge in [0.2, 0.25) is 0 Å². The Morgan fingerprint density at radius 3 is 2.72 bits per heavy atom. The molecule has 0 unspecified atom stereocenters. The SMILES string of the molecule is COCCCOc1cc(CO)c2ccccc2c1. The topological polar surface area (TPSA) is 38.7 Å². The molecule has 0 heterocycles. The molecule has 0 radical (unpaired) electrons. The second kappa shape index (κ2) is 6.38. The highest BCUT2D eigenvalue weighted by molar-refractivity contribution is 5.87. The summed E-state index contributed by atoms with van der Waals surface area (Å²) in [7, 11) is 1.68. The molecule has 0 bridgehead atoms. The van der Waals surface area contributed by atoms with Crippen LogP contribution in [0, 0.1) is 0 Å². The normalized spacial score (nSPS) is 10.8. The van der Waals surface area contributed by atoms with E-state index in [9.17, 15) is 5.11 Å². The van der Waals surface area contributed by atoms with Gasteiger partial charge in [-0.2, -0.15) is 0 Å².